The summed E-state index contributed by atoms with van der Waals surface area (Å²) in [5.41, 5.74) is 1.27. The number of anilines is 1. The largest absolute Gasteiger partial charge is 0.384 e. The Labute approximate surface area is 132 Å². The summed E-state index contributed by atoms with van der Waals surface area (Å²) >= 11 is 1.87. The maximum Gasteiger partial charge on any atom is 0.185 e. The lowest BCUT2D eigenvalue weighted by Gasteiger charge is -2.31. The lowest BCUT2D eigenvalue weighted by Crippen LogP contribution is -2.34. The third-order valence-corrected chi connectivity index (χ3v) is 5.22. The number of thiazole rings is 1. The number of methoxy groups -OCH3 is 1. The molecule has 0 spiro atoms. The van der Waals surface area contributed by atoms with Gasteiger partial charge in [-0.25, -0.2) is 4.98 Å². The summed E-state index contributed by atoms with van der Waals surface area (Å²) < 4.78 is 5.28. The molecule has 0 unspecified atom stereocenters. The van der Waals surface area contributed by atoms with Gasteiger partial charge in [-0.2, -0.15) is 0 Å². The van der Waals surface area contributed by atoms with Crippen LogP contribution in [-0.2, 0) is 17.7 Å². The normalized spacial score (nSPS) is 16.9. The van der Waals surface area contributed by atoms with Crippen LogP contribution in [0, 0.1) is 5.92 Å². The molecule has 0 radical (unpaired) electrons. The van der Waals surface area contributed by atoms with Gasteiger partial charge in [0, 0.05) is 44.3 Å². The van der Waals surface area contributed by atoms with E-state index in [4.69, 9.17) is 9.72 Å². The first-order valence-electron chi connectivity index (χ1n) is 8.09. The molecule has 0 saturated carbocycles. The van der Waals surface area contributed by atoms with E-state index < -0.39 is 0 Å². The van der Waals surface area contributed by atoms with Crippen LogP contribution in [0.4, 0.5) is 5.13 Å². The maximum atomic E-state index is 5.28. The highest BCUT2D eigenvalue weighted by Gasteiger charge is 2.22. The van der Waals surface area contributed by atoms with E-state index in [1.165, 1.54) is 28.5 Å². The Morgan fingerprint density at radius 1 is 1.38 bits per heavy atom. The van der Waals surface area contributed by atoms with Gasteiger partial charge in [-0.1, -0.05) is 20.8 Å². The van der Waals surface area contributed by atoms with Gasteiger partial charge in [0.15, 0.2) is 5.13 Å². The Morgan fingerprint density at radius 2 is 2.10 bits per heavy atom. The Morgan fingerprint density at radius 3 is 2.67 bits per heavy atom. The van der Waals surface area contributed by atoms with Crippen LogP contribution in [0.15, 0.2) is 0 Å². The minimum absolute atomic E-state index is 0.519. The van der Waals surface area contributed by atoms with Crippen LogP contribution in [0.3, 0.4) is 0 Å². The lowest BCUT2D eigenvalue weighted by atomic mass is 9.98. The average molecular weight is 311 g/mol. The summed E-state index contributed by atoms with van der Waals surface area (Å²) in [7, 11) is 1.80. The van der Waals surface area contributed by atoms with E-state index in [0.29, 0.717) is 6.04 Å². The zero-order chi connectivity index (χ0) is 15.2. The fourth-order valence-corrected chi connectivity index (χ4v) is 3.89. The number of hydrogen-bond donors (Lipinski definition) is 1. The first-order valence-corrected chi connectivity index (χ1v) is 8.91. The molecule has 1 fully saturated rings. The van der Waals surface area contributed by atoms with Gasteiger partial charge in [0.2, 0.25) is 0 Å². The van der Waals surface area contributed by atoms with E-state index in [1.807, 2.05) is 11.3 Å². The topological polar surface area (TPSA) is 37.4 Å². The summed E-state index contributed by atoms with van der Waals surface area (Å²) in [5, 5.41) is 4.72. The van der Waals surface area contributed by atoms with E-state index in [1.54, 1.807) is 7.11 Å². The van der Waals surface area contributed by atoms with Crippen LogP contribution in [0.25, 0.3) is 0 Å². The number of ether oxygens (including phenoxy) is 1. The molecule has 2 rings (SSSR count). The van der Waals surface area contributed by atoms with Gasteiger partial charge in [0.25, 0.3) is 0 Å². The van der Waals surface area contributed by atoms with Gasteiger partial charge in [-0.15, -0.1) is 11.3 Å². The summed E-state index contributed by atoms with van der Waals surface area (Å²) in [6.45, 7) is 10.6. The molecule has 21 heavy (non-hydrogen) atoms. The first kappa shape index (κ1) is 16.7. The molecule has 1 aromatic rings. The Balaban J connectivity index is 1.97. The second kappa shape index (κ2) is 8.11. The van der Waals surface area contributed by atoms with Crippen molar-refractivity contribution >= 4 is 16.5 Å². The van der Waals surface area contributed by atoms with Crippen LogP contribution in [0.5, 0.6) is 0 Å². The average Bonchev–Trinajstić information content (AvgIpc) is 2.89. The number of aryl methyl sites for hydroxylation is 1. The minimum Gasteiger partial charge on any atom is -0.384 e. The van der Waals surface area contributed by atoms with Crippen LogP contribution in [0.1, 0.15) is 44.2 Å². The number of rotatable bonds is 7. The third kappa shape index (κ3) is 4.66. The quantitative estimate of drug-likeness (QED) is 0.840. The van der Waals surface area contributed by atoms with Crippen molar-refractivity contribution in [2.24, 2.45) is 5.92 Å². The fraction of sp³-hybridized carbons (Fsp3) is 0.812. The highest BCUT2D eigenvalue weighted by Crippen LogP contribution is 2.30. The van der Waals surface area contributed by atoms with E-state index in [9.17, 15) is 0 Å². The molecule has 1 saturated heterocycles. The van der Waals surface area contributed by atoms with Crippen LogP contribution < -0.4 is 10.2 Å². The molecule has 1 aromatic heterocycles. The molecule has 0 aliphatic carbocycles. The van der Waals surface area contributed by atoms with Gasteiger partial charge in [-0.3, -0.25) is 0 Å². The molecule has 1 N–H and O–H groups in total. The Hall–Kier alpha value is -0.650. The maximum absolute atomic E-state index is 5.28. The van der Waals surface area contributed by atoms with Gasteiger partial charge in [0.1, 0.15) is 0 Å². The smallest absolute Gasteiger partial charge is 0.185 e. The molecule has 1 aliphatic heterocycles. The van der Waals surface area contributed by atoms with E-state index in [0.717, 1.165) is 38.6 Å². The Bertz CT molecular complexity index is 425. The second-order valence-corrected chi connectivity index (χ2v) is 7.20. The van der Waals surface area contributed by atoms with Crippen molar-refractivity contribution in [3.8, 4) is 0 Å². The molecular formula is C16H29N3OS. The van der Waals surface area contributed by atoms with Gasteiger partial charge < -0.3 is 15.0 Å². The number of hydrogen-bond acceptors (Lipinski definition) is 5. The van der Waals surface area contributed by atoms with Crippen LogP contribution in [0.2, 0.25) is 0 Å². The molecule has 0 amide bonds. The molecule has 5 heteroatoms. The highest BCUT2D eigenvalue weighted by atomic mass is 32.1. The van der Waals surface area contributed by atoms with Crippen molar-refractivity contribution in [2.75, 3.05) is 31.7 Å². The zero-order valence-corrected chi connectivity index (χ0v) is 14.6. The van der Waals surface area contributed by atoms with Gasteiger partial charge >= 0.3 is 0 Å². The van der Waals surface area contributed by atoms with E-state index in [-0.39, 0.29) is 0 Å². The molecular weight excluding hydrogens is 282 g/mol. The number of aromatic nitrogens is 1. The lowest BCUT2D eigenvalue weighted by molar-refractivity contribution is 0.139. The molecule has 1 aliphatic rings. The third-order valence-electron chi connectivity index (χ3n) is 4.06. The summed E-state index contributed by atoms with van der Waals surface area (Å²) in [6.07, 6.45) is 3.45. The predicted molar refractivity (Wildman–Crippen MR) is 90.3 cm³/mol. The zero-order valence-electron chi connectivity index (χ0n) is 13.8. The van der Waals surface area contributed by atoms with Crippen LogP contribution >= 0.6 is 11.3 Å². The minimum atomic E-state index is 0.519. The number of piperidine rings is 1. The van der Waals surface area contributed by atoms with E-state index >= 15 is 0 Å². The van der Waals surface area contributed by atoms with Gasteiger partial charge in [-0.05, 0) is 25.2 Å². The van der Waals surface area contributed by atoms with E-state index in [2.05, 4.69) is 31.0 Å². The molecule has 4 nitrogen and oxygen atoms in total. The summed E-state index contributed by atoms with van der Waals surface area (Å²) in [5.74, 6) is 0.721. The summed E-state index contributed by atoms with van der Waals surface area (Å²) in [6, 6.07) is 0.519. The second-order valence-electron chi connectivity index (χ2n) is 6.14. The van der Waals surface area contributed by atoms with Crippen LogP contribution in [-0.4, -0.2) is 37.8 Å². The molecule has 0 bridgehead atoms. The highest BCUT2D eigenvalue weighted by molar-refractivity contribution is 7.15. The van der Waals surface area contributed by atoms with Gasteiger partial charge in [0.05, 0.1) is 5.69 Å². The molecule has 2 heterocycles. The predicted octanol–water partition coefficient (Wildman–Crippen LogP) is 3.07. The monoisotopic (exact) mass is 311 g/mol. The Kier molecular flexibility index (Phi) is 6.45. The summed E-state index contributed by atoms with van der Waals surface area (Å²) in [4.78, 5) is 8.73. The first-order chi connectivity index (χ1) is 10.1. The van der Waals surface area contributed by atoms with Crippen molar-refractivity contribution in [1.29, 1.82) is 0 Å². The molecule has 120 valence electrons. The fourth-order valence-electron chi connectivity index (χ4n) is 2.74. The van der Waals surface area contributed by atoms with Crippen molar-refractivity contribution in [3.05, 3.63) is 10.6 Å². The van der Waals surface area contributed by atoms with Crippen molar-refractivity contribution < 1.29 is 4.74 Å². The van der Waals surface area contributed by atoms with Crippen molar-refractivity contribution in [2.45, 2.75) is 52.6 Å². The standard InChI is InChI=1S/C16H29N3OS/c1-5-14-15(10-17-12(2)3)21-16(18-14)19-8-6-13(7-9-19)11-20-4/h12-13,17H,5-11H2,1-4H3. The number of nitrogens with zero attached hydrogens (tertiary/aromatic N) is 2. The molecule has 0 atom stereocenters. The van der Waals surface area contributed by atoms with Crippen molar-refractivity contribution in [1.82, 2.24) is 10.3 Å². The van der Waals surface area contributed by atoms with Crippen molar-refractivity contribution in [3.63, 3.8) is 0 Å². The molecule has 0 aromatic carbocycles. The number of nitrogens with one attached hydrogen (secondary N) is 1. The SMILES string of the molecule is CCc1nc(N2CCC(COC)CC2)sc1CNC(C)C.